The summed E-state index contributed by atoms with van der Waals surface area (Å²) in [6.45, 7) is 4.31. The zero-order chi connectivity index (χ0) is 15.9. The van der Waals surface area contributed by atoms with Gasteiger partial charge in [-0.05, 0) is 31.6 Å². The lowest BCUT2D eigenvalue weighted by Gasteiger charge is -2.03. The summed E-state index contributed by atoms with van der Waals surface area (Å²) in [5.41, 5.74) is 2.01. The molecule has 0 spiro atoms. The number of anilines is 1. The number of ether oxygens (including phenoxy) is 1. The van der Waals surface area contributed by atoms with Crippen LogP contribution in [-0.2, 0) is 9.53 Å². The summed E-state index contributed by atoms with van der Waals surface area (Å²) in [5.74, 6) is 0.0819. The first kappa shape index (κ1) is 16.9. The number of hydrogen-bond donors (Lipinski definition) is 1. The third-order valence-corrected chi connectivity index (χ3v) is 5.02. The van der Waals surface area contributed by atoms with Gasteiger partial charge in [0.15, 0.2) is 5.13 Å². The van der Waals surface area contributed by atoms with Crippen molar-refractivity contribution in [2.45, 2.75) is 13.8 Å². The van der Waals surface area contributed by atoms with Gasteiger partial charge in [0.05, 0.1) is 22.9 Å². The van der Waals surface area contributed by atoms with Crippen LogP contribution in [0, 0.1) is 6.92 Å². The number of carbonyl (C=O) groups is 1. The fourth-order valence-corrected chi connectivity index (χ4v) is 3.55. The average molecular weight is 353 g/mol. The Bertz CT molecular complexity index is 656. The molecule has 0 atom stereocenters. The van der Waals surface area contributed by atoms with E-state index in [4.69, 9.17) is 17.0 Å². The Balaban J connectivity index is 1.97. The fourth-order valence-electron chi connectivity index (χ4n) is 1.75. The molecule has 0 bridgehead atoms. The van der Waals surface area contributed by atoms with E-state index in [9.17, 15) is 4.79 Å². The Kier molecular flexibility index (Phi) is 6.35. The highest BCUT2D eigenvalue weighted by Crippen LogP contribution is 2.32. The van der Waals surface area contributed by atoms with Gasteiger partial charge < -0.3 is 10.1 Å². The number of aryl methyl sites for hydroxylation is 1. The van der Waals surface area contributed by atoms with E-state index >= 15 is 0 Å². The minimum atomic E-state index is -0.139. The van der Waals surface area contributed by atoms with Gasteiger partial charge in [-0.15, -0.1) is 0 Å². The molecule has 116 valence electrons. The molecule has 0 unspecified atom stereocenters. The van der Waals surface area contributed by atoms with Crippen LogP contribution in [0.1, 0.15) is 12.6 Å². The number of thioether (sulfide) groups is 1. The quantitative estimate of drug-likeness (QED) is 0.821. The van der Waals surface area contributed by atoms with Crippen molar-refractivity contribution in [3.63, 3.8) is 0 Å². The summed E-state index contributed by atoms with van der Waals surface area (Å²) in [7, 11) is 0. The number of carbonyl (C=O) groups excluding carboxylic acids is 1. The zero-order valence-electron chi connectivity index (χ0n) is 12.3. The summed E-state index contributed by atoms with van der Waals surface area (Å²) >= 11 is 7.65. The van der Waals surface area contributed by atoms with Gasteiger partial charge in [-0.25, -0.2) is 4.98 Å². The smallest absolute Gasteiger partial charge is 0.236 e. The second kappa shape index (κ2) is 8.26. The first-order valence-corrected chi connectivity index (χ1v) is 8.93. The number of benzene rings is 1. The van der Waals surface area contributed by atoms with Gasteiger partial charge in [-0.3, -0.25) is 4.79 Å². The lowest BCUT2D eigenvalue weighted by Crippen LogP contribution is -2.15. The lowest BCUT2D eigenvalue weighted by molar-refractivity contribution is -0.113. The van der Waals surface area contributed by atoms with Gasteiger partial charge in [-0.1, -0.05) is 53.4 Å². The standard InChI is InChI=1S/C15H16N2O2S3/c1-3-19-15(20)21-9-12(18)17-14-16-10(2)13(22-14)11-7-5-4-6-8-11/h4-8H,3,9H2,1-2H3,(H,16,17,18). The molecule has 0 aliphatic heterocycles. The van der Waals surface area contributed by atoms with Crippen LogP contribution in [0.25, 0.3) is 10.4 Å². The van der Waals surface area contributed by atoms with Crippen LogP contribution < -0.4 is 5.32 Å². The van der Waals surface area contributed by atoms with Gasteiger partial charge in [0.1, 0.15) is 0 Å². The van der Waals surface area contributed by atoms with Crippen LogP contribution in [0.3, 0.4) is 0 Å². The van der Waals surface area contributed by atoms with Crippen LogP contribution in [0.4, 0.5) is 5.13 Å². The predicted octanol–water partition coefficient (Wildman–Crippen LogP) is 4.11. The minimum absolute atomic E-state index is 0.139. The third kappa shape index (κ3) is 4.79. The fraction of sp³-hybridized carbons (Fsp3) is 0.267. The maximum Gasteiger partial charge on any atom is 0.236 e. The molecule has 1 heterocycles. The van der Waals surface area contributed by atoms with Crippen LogP contribution in [0.15, 0.2) is 30.3 Å². The molecular formula is C15H16N2O2S3. The van der Waals surface area contributed by atoms with Crippen LogP contribution >= 0.6 is 35.3 Å². The number of hydrogen-bond acceptors (Lipinski definition) is 6. The highest BCUT2D eigenvalue weighted by molar-refractivity contribution is 8.23. The summed E-state index contributed by atoms with van der Waals surface area (Å²) in [5, 5.41) is 3.40. The van der Waals surface area contributed by atoms with Crippen molar-refractivity contribution < 1.29 is 9.53 Å². The molecule has 4 nitrogen and oxygen atoms in total. The summed E-state index contributed by atoms with van der Waals surface area (Å²) < 4.78 is 5.51. The molecule has 0 fully saturated rings. The van der Waals surface area contributed by atoms with E-state index in [0.29, 0.717) is 16.1 Å². The van der Waals surface area contributed by atoms with Crippen LogP contribution in [-0.4, -0.2) is 27.6 Å². The molecule has 1 aromatic carbocycles. The summed E-state index contributed by atoms with van der Waals surface area (Å²) in [4.78, 5) is 17.4. The van der Waals surface area contributed by atoms with Gasteiger partial charge in [0, 0.05) is 0 Å². The van der Waals surface area contributed by atoms with Crippen molar-refractivity contribution in [3.8, 4) is 10.4 Å². The molecule has 1 N–H and O–H groups in total. The highest BCUT2D eigenvalue weighted by Gasteiger charge is 2.12. The third-order valence-electron chi connectivity index (χ3n) is 2.66. The average Bonchev–Trinajstić information content (AvgIpc) is 2.87. The second-order valence-electron chi connectivity index (χ2n) is 4.32. The number of rotatable bonds is 5. The predicted molar refractivity (Wildman–Crippen MR) is 97.6 cm³/mol. The van der Waals surface area contributed by atoms with Crippen molar-refractivity contribution in [3.05, 3.63) is 36.0 Å². The van der Waals surface area contributed by atoms with E-state index in [2.05, 4.69) is 10.3 Å². The van der Waals surface area contributed by atoms with Crippen molar-refractivity contribution >= 4 is 50.7 Å². The molecule has 0 aliphatic carbocycles. The Hall–Kier alpha value is -1.44. The Labute approximate surface area is 143 Å². The van der Waals surface area contributed by atoms with Gasteiger partial charge in [-0.2, -0.15) is 0 Å². The van der Waals surface area contributed by atoms with E-state index in [-0.39, 0.29) is 11.7 Å². The van der Waals surface area contributed by atoms with Gasteiger partial charge in [0.25, 0.3) is 0 Å². The molecule has 2 rings (SSSR count). The first-order chi connectivity index (χ1) is 10.6. The number of aromatic nitrogens is 1. The monoisotopic (exact) mass is 352 g/mol. The van der Waals surface area contributed by atoms with Gasteiger partial charge >= 0.3 is 0 Å². The zero-order valence-corrected chi connectivity index (χ0v) is 14.7. The Morgan fingerprint density at radius 1 is 1.41 bits per heavy atom. The molecule has 7 heteroatoms. The second-order valence-corrected chi connectivity index (χ2v) is 6.90. The first-order valence-electron chi connectivity index (χ1n) is 6.72. The van der Waals surface area contributed by atoms with Crippen LogP contribution in [0.2, 0.25) is 0 Å². The van der Waals surface area contributed by atoms with E-state index in [1.165, 1.54) is 23.1 Å². The van der Waals surface area contributed by atoms with E-state index < -0.39 is 0 Å². The number of nitrogens with one attached hydrogen (secondary N) is 1. The molecular weight excluding hydrogens is 336 g/mol. The Morgan fingerprint density at radius 2 is 2.14 bits per heavy atom. The summed E-state index contributed by atoms with van der Waals surface area (Å²) in [6, 6.07) is 10.0. The van der Waals surface area contributed by atoms with Crippen molar-refractivity contribution in [2.24, 2.45) is 0 Å². The molecule has 0 radical (unpaired) electrons. The van der Waals surface area contributed by atoms with Crippen molar-refractivity contribution in [1.29, 1.82) is 0 Å². The SMILES string of the molecule is CCOC(=S)SCC(=O)Nc1nc(C)c(-c2ccccc2)s1. The van der Waals surface area contributed by atoms with Crippen molar-refractivity contribution in [1.82, 2.24) is 4.98 Å². The number of amides is 1. The summed E-state index contributed by atoms with van der Waals surface area (Å²) in [6.07, 6.45) is 0. The molecule has 2 aromatic rings. The number of thiocarbonyl (C=S) groups is 1. The maximum atomic E-state index is 11.9. The molecule has 1 aromatic heterocycles. The molecule has 0 aliphatic rings. The Morgan fingerprint density at radius 3 is 2.82 bits per heavy atom. The molecule has 1 amide bonds. The maximum absolute atomic E-state index is 11.9. The normalized spacial score (nSPS) is 10.3. The minimum Gasteiger partial charge on any atom is -0.479 e. The van der Waals surface area contributed by atoms with E-state index in [0.717, 1.165) is 16.1 Å². The molecule has 0 saturated carbocycles. The van der Waals surface area contributed by atoms with Gasteiger partial charge in [0.2, 0.25) is 10.3 Å². The van der Waals surface area contributed by atoms with Crippen molar-refractivity contribution in [2.75, 3.05) is 17.7 Å². The number of thiazole rings is 1. The number of nitrogens with zero attached hydrogens (tertiary/aromatic N) is 1. The molecule has 0 saturated heterocycles. The van der Waals surface area contributed by atoms with E-state index in [1.54, 1.807) is 0 Å². The lowest BCUT2D eigenvalue weighted by atomic mass is 10.2. The topological polar surface area (TPSA) is 51.2 Å². The molecule has 22 heavy (non-hydrogen) atoms. The van der Waals surface area contributed by atoms with E-state index in [1.807, 2.05) is 44.2 Å². The largest absolute Gasteiger partial charge is 0.479 e. The van der Waals surface area contributed by atoms with Crippen LogP contribution in [0.5, 0.6) is 0 Å². The highest BCUT2D eigenvalue weighted by atomic mass is 32.2.